The van der Waals surface area contributed by atoms with Crippen LogP contribution >= 0.6 is 11.8 Å². The number of nitrogens with one attached hydrogen (secondary N) is 22. The smallest absolute Gasteiger partial charge is 0.326 e. The molecule has 16 amide bonds. The van der Waals surface area contributed by atoms with Crippen molar-refractivity contribution in [2.75, 3.05) is 51.3 Å². The normalized spacial score (nSPS) is 14.9. The number of carbonyl (C=O) groups is 19. The molecule has 0 aromatic carbocycles. The molecule has 0 heterocycles. The zero-order valence-corrected chi connectivity index (χ0v) is 72.3. The minimum atomic E-state index is -2.03. The van der Waals surface area contributed by atoms with Crippen molar-refractivity contribution < 1.29 is 117 Å². The summed E-state index contributed by atoms with van der Waals surface area (Å²) in [7, 11) is 0. The van der Waals surface area contributed by atoms with Gasteiger partial charge in [0.15, 0.2) is 23.8 Å². The van der Waals surface area contributed by atoms with E-state index >= 15 is 0 Å². The minimum absolute atomic E-state index is 0.0320. The van der Waals surface area contributed by atoms with Crippen LogP contribution in [0.2, 0.25) is 0 Å². The SMILES string of the molecule is CC[C@H](C)[C@H](NC(=O)[C@H](CCCNC(=N)N)NC(=O)[C@H](CCCNC(=N)N)NC(=O)[C@@H](NC(=O)[C@@H](NC(=O)[C@@H](NC(=O)[C@H](CCCNC(=N)N)NC(=O)[C@H](CCCNC(=N)N)NC(=O)CN)[C@@H](C)CC)[C@@H](C)O)[C@@H](C)O)C(=O)N[C@@H](CCSC)C(=O)N[C@@H](CCC(=O)O)C(=O)N[C@@H](CC(N)=O)C(=O)NCC(=O)N[C@@H](CCC(N)=O)C(=O)N[C@@H](CCC(=O)O)C(=O)O. The molecule has 0 spiro atoms. The van der Waals surface area contributed by atoms with Gasteiger partial charge in [-0.2, -0.15) is 11.8 Å². The average Bonchev–Trinajstić information content (AvgIpc) is 0.844. The van der Waals surface area contributed by atoms with Gasteiger partial charge in [0.25, 0.3) is 0 Å². The largest absolute Gasteiger partial charge is 0.481 e. The van der Waals surface area contributed by atoms with Crippen molar-refractivity contribution in [3.05, 3.63) is 0 Å². The molecule has 126 heavy (non-hydrogen) atoms. The molecule has 0 rings (SSSR count). The van der Waals surface area contributed by atoms with E-state index in [-0.39, 0.29) is 109 Å². The first-order chi connectivity index (χ1) is 59.0. The second kappa shape index (κ2) is 60.7. The Morgan fingerprint density at radius 1 is 0.325 bits per heavy atom. The van der Waals surface area contributed by atoms with Crippen LogP contribution in [0.15, 0.2) is 0 Å². The number of carboxylic acids is 3. The first kappa shape index (κ1) is 113. The van der Waals surface area contributed by atoms with Gasteiger partial charge < -0.3 is 161 Å². The highest BCUT2D eigenvalue weighted by Crippen LogP contribution is 2.16. The predicted molar refractivity (Wildman–Crippen MR) is 453 cm³/mol. The van der Waals surface area contributed by atoms with Gasteiger partial charge in [0.05, 0.1) is 31.7 Å². The Morgan fingerprint density at radius 2 is 0.603 bits per heavy atom. The number of carbonyl (C=O) groups excluding carboxylic acids is 16. The predicted octanol–water partition coefficient (Wildman–Crippen LogP) is -12.0. The van der Waals surface area contributed by atoms with Crippen molar-refractivity contribution in [3.8, 4) is 0 Å². The lowest BCUT2D eigenvalue weighted by molar-refractivity contribution is -0.143. The molecule has 54 heteroatoms. The third-order valence-corrected chi connectivity index (χ3v) is 19.6. The van der Waals surface area contributed by atoms with E-state index in [1.54, 1.807) is 27.0 Å². The highest BCUT2D eigenvalue weighted by Gasteiger charge is 2.41. The molecule has 41 N–H and O–H groups in total. The highest BCUT2D eigenvalue weighted by atomic mass is 32.2. The van der Waals surface area contributed by atoms with E-state index < -0.39 is 291 Å². The molecule has 53 nitrogen and oxygen atoms in total. The van der Waals surface area contributed by atoms with Crippen LogP contribution in [0.3, 0.4) is 0 Å². The number of guanidine groups is 4. The van der Waals surface area contributed by atoms with E-state index in [2.05, 4.69) is 90.4 Å². The first-order valence-electron chi connectivity index (χ1n) is 40.3. The number of carboxylic acid groups (broad SMARTS) is 3. The van der Waals surface area contributed by atoms with E-state index in [9.17, 15) is 112 Å². The third-order valence-electron chi connectivity index (χ3n) is 19.0. The molecule has 0 aliphatic heterocycles. The summed E-state index contributed by atoms with van der Waals surface area (Å²) < 4.78 is 0. The highest BCUT2D eigenvalue weighted by molar-refractivity contribution is 7.98. The molecule has 17 atom stereocenters. The number of aliphatic hydroxyl groups is 2. The van der Waals surface area contributed by atoms with Gasteiger partial charge in [-0.1, -0.05) is 40.5 Å². The molecule has 0 unspecified atom stereocenters. The van der Waals surface area contributed by atoms with E-state index in [0.29, 0.717) is 0 Å². The molecule has 0 saturated heterocycles. The molecule has 0 saturated carbocycles. The first-order valence-corrected chi connectivity index (χ1v) is 41.7. The molecule has 0 aromatic heterocycles. The molecular formula is C72H129N29O24S. The minimum Gasteiger partial charge on any atom is -0.481 e. The monoisotopic (exact) mass is 1820 g/mol. The van der Waals surface area contributed by atoms with Crippen LogP contribution in [0.25, 0.3) is 0 Å². The Morgan fingerprint density at radius 3 is 0.929 bits per heavy atom. The summed E-state index contributed by atoms with van der Waals surface area (Å²) >= 11 is 1.18. The van der Waals surface area contributed by atoms with Crippen LogP contribution in [0.1, 0.15) is 157 Å². The van der Waals surface area contributed by atoms with Crippen molar-refractivity contribution in [2.45, 2.75) is 248 Å². The Kier molecular flexibility index (Phi) is 54.6. The maximum Gasteiger partial charge on any atom is 0.326 e. The lowest BCUT2D eigenvalue weighted by atomic mass is 9.96. The lowest BCUT2D eigenvalue weighted by Crippen LogP contribution is -2.64. The summed E-state index contributed by atoms with van der Waals surface area (Å²) in [5.41, 5.74) is 38.0. The topological polar surface area (TPSA) is 920 Å². The number of amides is 16. The molecule has 0 aliphatic rings. The van der Waals surface area contributed by atoms with Gasteiger partial charge in [-0.15, -0.1) is 0 Å². The molecule has 0 aliphatic carbocycles. The van der Waals surface area contributed by atoms with Crippen molar-refractivity contribution in [1.29, 1.82) is 21.6 Å². The fraction of sp³-hybridized carbons (Fsp3) is 0.681. The molecule has 0 radical (unpaired) electrons. The van der Waals surface area contributed by atoms with E-state index in [4.69, 9.17) is 66.9 Å². The fourth-order valence-electron chi connectivity index (χ4n) is 11.6. The number of nitrogens with two attached hydrogens (primary N) is 7. The summed E-state index contributed by atoms with van der Waals surface area (Å²) in [5, 5.41) is 124. The van der Waals surface area contributed by atoms with Crippen LogP contribution in [0.5, 0.6) is 0 Å². The number of hydrogen-bond acceptors (Lipinski definition) is 27. The van der Waals surface area contributed by atoms with Crippen LogP contribution in [-0.4, -0.2) is 304 Å². The van der Waals surface area contributed by atoms with Gasteiger partial charge in [-0.25, -0.2) is 4.79 Å². The summed E-state index contributed by atoms with van der Waals surface area (Å²) in [4.78, 5) is 256. The van der Waals surface area contributed by atoms with Crippen LogP contribution in [0, 0.1) is 33.5 Å². The summed E-state index contributed by atoms with van der Waals surface area (Å²) in [6.45, 7) is 6.85. The number of thioether (sulfide) groups is 1. The van der Waals surface area contributed by atoms with Crippen LogP contribution in [-0.2, 0) is 91.1 Å². The summed E-state index contributed by atoms with van der Waals surface area (Å²) in [6.07, 6.45) is -7.59. The average molecular weight is 1820 g/mol. The second-order valence-corrected chi connectivity index (χ2v) is 30.4. The fourth-order valence-corrected chi connectivity index (χ4v) is 12.1. The van der Waals surface area contributed by atoms with Crippen molar-refractivity contribution >= 4 is 148 Å². The van der Waals surface area contributed by atoms with Gasteiger partial charge in [0.1, 0.15) is 78.5 Å². The number of primary amides is 2. The van der Waals surface area contributed by atoms with E-state index in [1.165, 1.54) is 18.7 Å². The maximum atomic E-state index is 14.8. The van der Waals surface area contributed by atoms with Gasteiger partial charge in [-0.05, 0) is 115 Å². The maximum absolute atomic E-state index is 14.8. The molecule has 0 aromatic rings. The number of aliphatic carboxylic acids is 3. The van der Waals surface area contributed by atoms with Crippen molar-refractivity contribution in [2.24, 2.45) is 52.0 Å². The van der Waals surface area contributed by atoms with E-state index in [1.807, 2.05) is 5.32 Å². The summed E-state index contributed by atoms with van der Waals surface area (Å²) in [5.74, 6) is -25.6. The number of hydrogen-bond donors (Lipinski definition) is 34. The molecule has 0 fully saturated rings. The van der Waals surface area contributed by atoms with Gasteiger partial charge in [0, 0.05) is 45.4 Å². The zero-order valence-electron chi connectivity index (χ0n) is 71.4. The van der Waals surface area contributed by atoms with E-state index in [0.717, 1.165) is 13.8 Å². The quantitative estimate of drug-likeness (QED) is 0.0153. The van der Waals surface area contributed by atoms with Gasteiger partial charge in [0.2, 0.25) is 94.5 Å². The Bertz CT molecular complexity index is 3750. The Balaban J connectivity index is 7.43. The summed E-state index contributed by atoms with van der Waals surface area (Å²) in [6, 6.07) is -22.3. The Hall–Kier alpha value is -12.8. The van der Waals surface area contributed by atoms with Crippen LogP contribution in [0.4, 0.5) is 0 Å². The van der Waals surface area contributed by atoms with Gasteiger partial charge >= 0.3 is 17.9 Å². The molecular weight excluding hydrogens is 1690 g/mol. The number of aliphatic hydroxyl groups excluding tert-OH is 2. The van der Waals surface area contributed by atoms with Crippen molar-refractivity contribution in [3.63, 3.8) is 0 Å². The lowest BCUT2D eigenvalue weighted by Gasteiger charge is -2.31. The molecule has 712 valence electrons. The van der Waals surface area contributed by atoms with Crippen LogP contribution < -0.4 is 136 Å². The van der Waals surface area contributed by atoms with Gasteiger partial charge in [-0.3, -0.25) is 108 Å². The number of rotatable bonds is 65. The molecule has 0 bridgehead atoms. The Labute approximate surface area is 730 Å². The third kappa shape index (κ3) is 47.2. The second-order valence-electron chi connectivity index (χ2n) is 29.4. The zero-order chi connectivity index (χ0) is 96.2. The van der Waals surface area contributed by atoms with Crippen molar-refractivity contribution in [1.82, 2.24) is 95.7 Å². The standard InChI is InChI=1S/C72H129N29O24S/c1-8-33(3)52(64(120)95-43(24-29-126-7)61(117)93-42(19-22-50(108)109)60(116)97-45(30-47(75)105)56(112)88-32-49(107)90-41(18-21-46(74)104)59(115)96-44(68(124)125)20-23-51(110)111)98-62(118)40(17-13-28-87-72(82)83)92-58(114)38(15-11-26-85-70(78)79)94-66(122)54(35(5)102)101-67(123)55(36(6)103)100-65(121)53(34(4)9-2)99-63(119)39(16-12-27-86-71(80)81)91-57(113)37(89-48(106)31-73)14-10-25-84-69(76)77/h33-45,52-55,102-103H,8-32,73H2,1-7H3,(H2,74,104)(H2,75,105)(H,88,112)(H,89,106)(H,90,107)(H,91,113)(H,92,114)(H,93,117)(H,94,122)(H,95,120)(H,96,115)(H,97,116)(H,98,118)(H,99,119)(H,100,121)(H,101,123)(H,108,109)(H,110,111)(H,124,125)(H4,76,77,84)(H4,78,79,85)(H4,80,81,86)(H4,82,83,87)/t33-,34-,35+,36+,37-,38-,39-,40-,41-,42-,43-,44-,45-,52-,53-,54-,55-/m0/s1.